The number of esters is 1. The van der Waals surface area contributed by atoms with E-state index in [0.29, 0.717) is 18.5 Å². The molecule has 0 unspecified atom stereocenters. The highest BCUT2D eigenvalue weighted by molar-refractivity contribution is 5.96. The standard InChI is InChI=1S/C23H25N3O5/c24-22(29)19-8-4-5-13-26(19)20(27)15-31-21(28)14-25-23(30)18-11-9-17(10-12-18)16-6-2-1-3-7-16/h1-3,6-7,9-12,19H,4-5,8,13-15H2,(H2,24,29)(H,25,30)/t19-/m1/s1. The van der Waals surface area contributed by atoms with Gasteiger partial charge in [-0.15, -0.1) is 0 Å². The highest BCUT2D eigenvalue weighted by Crippen LogP contribution is 2.19. The average molecular weight is 423 g/mol. The molecule has 3 rings (SSSR count). The normalized spacial score (nSPS) is 15.7. The zero-order valence-electron chi connectivity index (χ0n) is 17.1. The molecule has 0 aliphatic carbocycles. The van der Waals surface area contributed by atoms with E-state index in [2.05, 4.69) is 5.32 Å². The third kappa shape index (κ3) is 5.91. The van der Waals surface area contributed by atoms with Crippen molar-refractivity contribution < 1.29 is 23.9 Å². The van der Waals surface area contributed by atoms with Gasteiger partial charge in [0.05, 0.1) is 0 Å². The van der Waals surface area contributed by atoms with Crippen molar-refractivity contribution in [1.82, 2.24) is 10.2 Å². The molecule has 0 saturated carbocycles. The summed E-state index contributed by atoms with van der Waals surface area (Å²) in [5.41, 5.74) is 7.76. The summed E-state index contributed by atoms with van der Waals surface area (Å²) in [6, 6.07) is 16.1. The van der Waals surface area contributed by atoms with E-state index in [-0.39, 0.29) is 6.54 Å². The fraction of sp³-hybridized carbons (Fsp3) is 0.304. The van der Waals surface area contributed by atoms with Gasteiger partial charge in [-0.1, -0.05) is 42.5 Å². The molecule has 0 bridgehead atoms. The van der Waals surface area contributed by atoms with Crippen molar-refractivity contribution in [2.24, 2.45) is 5.73 Å². The van der Waals surface area contributed by atoms with Crippen LogP contribution < -0.4 is 11.1 Å². The number of carbonyl (C=O) groups is 4. The van der Waals surface area contributed by atoms with E-state index >= 15 is 0 Å². The molecule has 1 fully saturated rings. The lowest BCUT2D eigenvalue weighted by atomic mass is 10.0. The lowest BCUT2D eigenvalue weighted by molar-refractivity contribution is -0.154. The number of benzene rings is 2. The van der Waals surface area contributed by atoms with Gasteiger partial charge in [-0.3, -0.25) is 19.2 Å². The van der Waals surface area contributed by atoms with Crippen LogP contribution in [0.15, 0.2) is 54.6 Å². The molecule has 1 heterocycles. The van der Waals surface area contributed by atoms with Crippen LogP contribution in [0.3, 0.4) is 0 Å². The van der Waals surface area contributed by atoms with Crippen molar-refractivity contribution in [2.75, 3.05) is 19.7 Å². The molecule has 8 nitrogen and oxygen atoms in total. The summed E-state index contributed by atoms with van der Waals surface area (Å²) >= 11 is 0. The molecule has 3 N–H and O–H groups in total. The van der Waals surface area contributed by atoms with Gasteiger partial charge in [-0.05, 0) is 42.5 Å². The molecule has 3 amide bonds. The SMILES string of the molecule is NC(=O)[C@H]1CCCCN1C(=O)COC(=O)CNC(=O)c1ccc(-c2ccccc2)cc1. The van der Waals surface area contributed by atoms with Gasteiger partial charge < -0.3 is 20.7 Å². The topological polar surface area (TPSA) is 119 Å². The highest BCUT2D eigenvalue weighted by atomic mass is 16.5. The average Bonchev–Trinajstić information content (AvgIpc) is 2.81. The molecule has 1 atom stereocenters. The zero-order valence-corrected chi connectivity index (χ0v) is 17.1. The molecule has 2 aromatic rings. The fourth-order valence-corrected chi connectivity index (χ4v) is 3.50. The number of nitrogens with zero attached hydrogens (tertiary/aromatic N) is 1. The van der Waals surface area contributed by atoms with Crippen molar-refractivity contribution in [3.63, 3.8) is 0 Å². The molecule has 1 aliphatic rings. The molecule has 1 saturated heterocycles. The van der Waals surface area contributed by atoms with E-state index in [1.165, 1.54) is 4.90 Å². The van der Waals surface area contributed by atoms with Crippen molar-refractivity contribution in [3.8, 4) is 11.1 Å². The first-order chi connectivity index (χ1) is 15.0. The Morgan fingerprint density at radius 2 is 1.65 bits per heavy atom. The van der Waals surface area contributed by atoms with E-state index < -0.39 is 36.3 Å². The van der Waals surface area contributed by atoms with Crippen LogP contribution in [0.4, 0.5) is 0 Å². The summed E-state index contributed by atoms with van der Waals surface area (Å²) < 4.78 is 4.95. The second-order valence-corrected chi connectivity index (χ2v) is 7.29. The lowest BCUT2D eigenvalue weighted by Crippen LogP contribution is -2.51. The largest absolute Gasteiger partial charge is 0.454 e. The van der Waals surface area contributed by atoms with E-state index in [4.69, 9.17) is 10.5 Å². The van der Waals surface area contributed by atoms with Gasteiger partial charge in [-0.25, -0.2) is 0 Å². The number of likely N-dealkylation sites (tertiary alicyclic amines) is 1. The monoisotopic (exact) mass is 423 g/mol. The second kappa shape index (κ2) is 10.4. The minimum atomic E-state index is -0.741. The predicted octanol–water partition coefficient (Wildman–Crippen LogP) is 1.49. The maximum atomic E-state index is 12.3. The molecule has 0 spiro atoms. The van der Waals surface area contributed by atoms with Gasteiger partial charge >= 0.3 is 5.97 Å². The van der Waals surface area contributed by atoms with Gasteiger partial charge in [0, 0.05) is 12.1 Å². The quantitative estimate of drug-likeness (QED) is 0.654. The molecule has 162 valence electrons. The van der Waals surface area contributed by atoms with Crippen LogP contribution in [0.1, 0.15) is 29.6 Å². The number of amides is 3. The summed E-state index contributed by atoms with van der Waals surface area (Å²) in [5.74, 6) is -2.20. The number of hydrogen-bond donors (Lipinski definition) is 2. The van der Waals surface area contributed by atoms with Gasteiger partial charge in [0.15, 0.2) is 6.61 Å². The first-order valence-electron chi connectivity index (χ1n) is 10.1. The number of nitrogens with one attached hydrogen (secondary N) is 1. The first kappa shape index (κ1) is 22.0. The molecule has 8 heteroatoms. The Morgan fingerprint density at radius 1 is 0.968 bits per heavy atom. The number of primary amides is 1. The van der Waals surface area contributed by atoms with Crippen molar-refractivity contribution in [3.05, 3.63) is 60.2 Å². The highest BCUT2D eigenvalue weighted by Gasteiger charge is 2.30. The van der Waals surface area contributed by atoms with E-state index in [1.807, 2.05) is 42.5 Å². The maximum Gasteiger partial charge on any atom is 0.325 e. The molecular weight excluding hydrogens is 398 g/mol. The van der Waals surface area contributed by atoms with Crippen molar-refractivity contribution >= 4 is 23.7 Å². The van der Waals surface area contributed by atoms with Crippen LogP contribution in [0.2, 0.25) is 0 Å². The number of piperidine rings is 1. The zero-order chi connectivity index (χ0) is 22.2. The Morgan fingerprint density at radius 3 is 2.32 bits per heavy atom. The molecule has 2 aromatic carbocycles. The smallest absolute Gasteiger partial charge is 0.325 e. The Kier molecular flexibility index (Phi) is 7.37. The minimum Gasteiger partial charge on any atom is -0.454 e. The number of nitrogens with two attached hydrogens (primary N) is 1. The third-order valence-corrected chi connectivity index (χ3v) is 5.16. The van der Waals surface area contributed by atoms with E-state index in [0.717, 1.165) is 24.0 Å². The van der Waals surface area contributed by atoms with Gasteiger partial charge in [0.2, 0.25) is 5.91 Å². The van der Waals surface area contributed by atoms with Crippen LogP contribution in [0.25, 0.3) is 11.1 Å². The van der Waals surface area contributed by atoms with Gasteiger partial charge in [0.1, 0.15) is 12.6 Å². The summed E-state index contributed by atoms with van der Waals surface area (Å²) in [5, 5.41) is 2.48. The van der Waals surface area contributed by atoms with Crippen LogP contribution in [-0.2, 0) is 19.1 Å². The van der Waals surface area contributed by atoms with Crippen LogP contribution in [0, 0.1) is 0 Å². The predicted molar refractivity (Wildman–Crippen MR) is 114 cm³/mol. The number of ether oxygens (including phenoxy) is 1. The van der Waals surface area contributed by atoms with E-state index in [9.17, 15) is 19.2 Å². The van der Waals surface area contributed by atoms with Crippen LogP contribution in [0.5, 0.6) is 0 Å². The second-order valence-electron chi connectivity index (χ2n) is 7.29. The number of rotatable bonds is 7. The Hall–Kier alpha value is -3.68. The summed E-state index contributed by atoms with van der Waals surface area (Å²) in [4.78, 5) is 49.3. The van der Waals surface area contributed by atoms with E-state index in [1.54, 1.807) is 12.1 Å². The number of carbonyl (C=O) groups excluding carboxylic acids is 4. The Balaban J connectivity index is 1.45. The fourth-order valence-electron chi connectivity index (χ4n) is 3.50. The van der Waals surface area contributed by atoms with Crippen molar-refractivity contribution in [1.29, 1.82) is 0 Å². The summed E-state index contributed by atoms with van der Waals surface area (Å²) in [7, 11) is 0. The molecule has 0 aromatic heterocycles. The van der Waals surface area contributed by atoms with Gasteiger partial charge in [-0.2, -0.15) is 0 Å². The maximum absolute atomic E-state index is 12.3. The molecular formula is C23H25N3O5. The lowest BCUT2D eigenvalue weighted by Gasteiger charge is -2.33. The third-order valence-electron chi connectivity index (χ3n) is 5.16. The summed E-state index contributed by atoms with van der Waals surface area (Å²) in [6.45, 7) is -0.463. The Bertz CT molecular complexity index is 943. The van der Waals surface area contributed by atoms with Crippen molar-refractivity contribution in [2.45, 2.75) is 25.3 Å². The number of hydrogen-bond acceptors (Lipinski definition) is 5. The van der Waals surface area contributed by atoms with Crippen LogP contribution in [-0.4, -0.2) is 54.3 Å². The minimum absolute atomic E-state index is 0.369. The molecule has 31 heavy (non-hydrogen) atoms. The first-order valence-corrected chi connectivity index (χ1v) is 10.1. The molecule has 0 radical (unpaired) electrons. The van der Waals surface area contributed by atoms with Gasteiger partial charge in [0.25, 0.3) is 11.8 Å². The summed E-state index contributed by atoms with van der Waals surface area (Å²) in [6.07, 6.45) is 2.09. The Labute approximate surface area is 180 Å². The molecule has 1 aliphatic heterocycles. The van der Waals surface area contributed by atoms with Crippen LogP contribution >= 0.6 is 0 Å².